The van der Waals surface area contributed by atoms with Crippen LogP contribution >= 0.6 is 11.8 Å². The van der Waals surface area contributed by atoms with E-state index in [4.69, 9.17) is 4.74 Å². The van der Waals surface area contributed by atoms with Crippen LogP contribution in [0.1, 0.15) is 22.3 Å². The first-order chi connectivity index (χ1) is 13.0. The van der Waals surface area contributed by atoms with E-state index in [0.29, 0.717) is 38.3 Å². The predicted molar refractivity (Wildman–Crippen MR) is 108 cm³/mol. The number of ketones is 1. The van der Waals surface area contributed by atoms with Crippen LogP contribution in [0.2, 0.25) is 0 Å². The third kappa shape index (κ3) is 4.18. The van der Waals surface area contributed by atoms with E-state index in [2.05, 4.69) is 0 Å². The number of sulfonamides is 2. The van der Waals surface area contributed by atoms with E-state index in [9.17, 15) is 21.6 Å². The van der Waals surface area contributed by atoms with E-state index in [1.54, 1.807) is 37.4 Å². The quantitative estimate of drug-likeness (QED) is 0.680. The van der Waals surface area contributed by atoms with Crippen molar-refractivity contribution in [1.82, 2.24) is 0 Å². The molecule has 0 atom stereocenters. The summed E-state index contributed by atoms with van der Waals surface area (Å²) >= 11 is 1.18. The van der Waals surface area contributed by atoms with Crippen molar-refractivity contribution < 1.29 is 26.4 Å². The van der Waals surface area contributed by atoms with Gasteiger partial charge in [-0.25, -0.2) is 16.8 Å². The average molecular weight is 442 g/mol. The maximum absolute atomic E-state index is 12.3. The molecule has 2 aromatic rings. The van der Waals surface area contributed by atoms with E-state index < -0.39 is 20.0 Å². The highest BCUT2D eigenvalue weighted by Crippen LogP contribution is 2.41. The Morgan fingerprint density at radius 1 is 0.964 bits per heavy atom. The fourth-order valence-corrected chi connectivity index (χ4v) is 7.12. The fraction of sp³-hybridized carbons (Fsp3) is 0.278. The molecule has 0 fully saturated rings. The summed E-state index contributed by atoms with van der Waals surface area (Å²) < 4.78 is 54.7. The van der Waals surface area contributed by atoms with Gasteiger partial charge in [-0.1, -0.05) is 11.8 Å². The molecule has 0 radical (unpaired) electrons. The zero-order valence-electron chi connectivity index (χ0n) is 15.5. The number of anilines is 1. The number of ether oxygens (including phenoxy) is 1. The highest BCUT2D eigenvalue weighted by Gasteiger charge is 2.32. The van der Waals surface area contributed by atoms with Crippen molar-refractivity contribution >= 4 is 43.3 Å². The third-order valence-electron chi connectivity index (χ3n) is 4.19. The summed E-state index contributed by atoms with van der Waals surface area (Å²) in [6.07, 6.45) is 2.46. The molecule has 0 spiro atoms. The second kappa shape index (κ2) is 7.41. The van der Waals surface area contributed by atoms with Gasteiger partial charge >= 0.3 is 0 Å². The molecule has 1 aliphatic carbocycles. The molecule has 0 amide bonds. The SMILES string of the molecule is COc1ccc(Sc2cc3c(cc2N(S(C)(=O)=O)S(C)(=O)=O)CCC3=O)cc1. The largest absolute Gasteiger partial charge is 0.497 e. The predicted octanol–water partition coefficient (Wildman–Crippen LogP) is 2.70. The van der Waals surface area contributed by atoms with Crippen molar-refractivity contribution in [2.45, 2.75) is 22.6 Å². The van der Waals surface area contributed by atoms with Gasteiger partial charge in [0.25, 0.3) is 0 Å². The Morgan fingerprint density at radius 3 is 2.11 bits per heavy atom. The van der Waals surface area contributed by atoms with E-state index in [1.165, 1.54) is 17.8 Å². The van der Waals surface area contributed by atoms with Crippen molar-refractivity contribution in [3.63, 3.8) is 0 Å². The molecule has 0 saturated carbocycles. The van der Waals surface area contributed by atoms with Crippen molar-refractivity contribution in [3.05, 3.63) is 47.5 Å². The molecule has 2 aromatic carbocycles. The van der Waals surface area contributed by atoms with Gasteiger partial charge in [-0.15, -0.1) is 0 Å². The molecule has 28 heavy (non-hydrogen) atoms. The lowest BCUT2D eigenvalue weighted by Gasteiger charge is -2.23. The normalized spacial score (nSPS) is 14.0. The lowest BCUT2D eigenvalue weighted by molar-refractivity contribution is 0.0994. The fourth-order valence-electron chi connectivity index (χ4n) is 3.06. The molecule has 0 bridgehead atoms. The van der Waals surface area contributed by atoms with Gasteiger partial charge in [0.15, 0.2) is 5.78 Å². The zero-order valence-corrected chi connectivity index (χ0v) is 17.9. The number of carbonyl (C=O) groups excluding carboxylic acids is 1. The molecule has 0 aromatic heterocycles. The Morgan fingerprint density at radius 2 is 1.57 bits per heavy atom. The molecule has 0 saturated heterocycles. The summed E-state index contributed by atoms with van der Waals surface area (Å²) in [4.78, 5) is 13.3. The number of carbonyl (C=O) groups is 1. The first kappa shape index (κ1) is 20.7. The van der Waals surface area contributed by atoms with Crippen molar-refractivity contribution in [2.75, 3.05) is 23.3 Å². The lowest BCUT2D eigenvalue weighted by atomic mass is 10.1. The Labute approximate surface area is 168 Å². The number of Topliss-reactive ketones (excluding diaryl/α,β-unsaturated/α-hetero) is 1. The number of hydrogen-bond donors (Lipinski definition) is 0. The van der Waals surface area contributed by atoms with Crippen molar-refractivity contribution in [1.29, 1.82) is 0 Å². The molecular formula is C18H19NO6S3. The monoisotopic (exact) mass is 441 g/mol. The second-order valence-corrected chi connectivity index (χ2v) is 11.4. The molecule has 0 heterocycles. The maximum atomic E-state index is 12.3. The van der Waals surface area contributed by atoms with Crippen molar-refractivity contribution in [3.8, 4) is 5.75 Å². The number of nitrogens with zero attached hydrogens (tertiary/aromatic N) is 1. The molecule has 3 rings (SSSR count). The highest BCUT2D eigenvalue weighted by molar-refractivity contribution is 8.09. The van der Waals surface area contributed by atoms with Gasteiger partial charge in [0.2, 0.25) is 20.0 Å². The summed E-state index contributed by atoms with van der Waals surface area (Å²) in [7, 11) is -6.67. The average Bonchev–Trinajstić information content (AvgIpc) is 2.93. The van der Waals surface area contributed by atoms with E-state index in [-0.39, 0.29) is 11.5 Å². The van der Waals surface area contributed by atoms with Crippen LogP contribution in [0.4, 0.5) is 5.69 Å². The number of fused-ring (bicyclic) bond motifs is 1. The van der Waals surface area contributed by atoms with Gasteiger partial charge in [-0.05, 0) is 48.4 Å². The minimum atomic E-state index is -4.10. The number of methoxy groups -OCH3 is 1. The van der Waals surface area contributed by atoms with Crippen LogP contribution in [0.15, 0.2) is 46.2 Å². The lowest BCUT2D eigenvalue weighted by Crippen LogP contribution is -2.35. The molecule has 1 aliphatic rings. The Hall–Kier alpha value is -2.04. The molecule has 0 aliphatic heterocycles. The third-order valence-corrected chi connectivity index (χ3v) is 8.47. The maximum Gasteiger partial charge on any atom is 0.245 e. The summed E-state index contributed by atoms with van der Waals surface area (Å²) in [6.45, 7) is 0. The molecule has 7 nitrogen and oxygen atoms in total. The zero-order chi connectivity index (χ0) is 20.7. The van der Waals surface area contributed by atoms with Crippen LogP contribution in [-0.2, 0) is 26.5 Å². The number of rotatable bonds is 6. The van der Waals surface area contributed by atoms with Crippen molar-refractivity contribution in [2.24, 2.45) is 0 Å². The van der Waals surface area contributed by atoms with Crippen LogP contribution in [0.3, 0.4) is 0 Å². The summed E-state index contributed by atoms with van der Waals surface area (Å²) in [6, 6.07) is 10.1. The standard InChI is InChI=1S/C18H19NO6S3/c1-25-13-5-7-14(8-6-13)26-18-11-15-12(4-9-17(15)20)10-16(18)19(27(2,21)22)28(3,23)24/h5-8,10-11H,4,9H2,1-3H3. The molecular weight excluding hydrogens is 422 g/mol. The van der Waals surface area contributed by atoms with Gasteiger partial charge in [0.1, 0.15) is 5.75 Å². The first-order valence-corrected chi connectivity index (χ1v) is 12.7. The Bertz CT molecular complexity index is 1110. The molecule has 0 N–H and O–H groups in total. The Balaban J connectivity index is 2.19. The minimum Gasteiger partial charge on any atom is -0.497 e. The topological polar surface area (TPSA) is 97.8 Å². The van der Waals surface area contributed by atoms with Crippen LogP contribution < -0.4 is 8.45 Å². The van der Waals surface area contributed by atoms with Gasteiger partial charge in [-0.3, -0.25) is 4.79 Å². The molecule has 10 heteroatoms. The smallest absolute Gasteiger partial charge is 0.245 e. The van der Waals surface area contributed by atoms with Gasteiger partial charge in [-0.2, -0.15) is 3.71 Å². The highest BCUT2D eigenvalue weighted by atomic mass is 32.3. The number of aryl methyl sites for hydroxylation is 1. The van der Waals surface area contributed by atoms with Gasteiger partial charge in [0, 0.05) is 21.8 Å². The van der Waals surface area contributed by atoms with Crippen LogP contribution in [0, 0.1) is 0 Å². The molecule has 150 valence electrons. The van der Waals surface area contributed by atoms with Gasteiger partial charge < -0.3 is 4.74 Å². The van der Waals surface area contributed by atoms with Crippen LogP contribution in [0.25, 0.3) is 0 Å². The minimum absolute atomic E-state index is 0.0271. The molecule has 0 unspecified atom stereocenters. The van der Waals surface area contributed by atoms with Crippen LogP contribution in [-0.4, -0.2) is 42.2 Å². The van der Waals surface area contributed by atoms with Gasteiger partial charge in [0.05, 0.1) is 25.3 Å². The number of benzene rings is 2. The van der Waals surface area contributed by atoms with E-state index in [1.807, 2.05) is 0 Å². The second-order valence-electron chi connectivity index (χ2n) is 6.40. The number of hydrogen-bond acceptors (Lipinski definition) is 7. The van der Waals surface area contributed by atoms with E-state index in [0.717, 1.165) is 17.4 Å². The Kier molecular flexibility index (Phi) is 5.48. The summed E-state index contributed by atoms with van der Waals surface area (Å²) in [5, 5.41) is 0. The summed E-state index contributed by atoms with van der Waals surface area (Å²) in [5.41, 5.74) is 1.18. The van der Waals surface area contributed by atoms with E-state index >= 15 is 0 Å². The van der Waals surface area contributed by atoms with Crippen LogP contribution in [0.5, 0.6) is 5.75 Å². The summed E-state index contributed by atoms with van der Waals surface area (Å²) in [5.74, 6) is 0.617. The first-order valence-electron chi connectivity index (χ1n) is 8.23.